The van der Waals surface area contributed by atoms with E-state index in [0.717, 1.165) is 22.9 Å². The zero-order valence-electron chi connectivity index (χ0n) is 16.2. The first-order valence-corrected chi connectivity index (χ1v) is 10.8. The van der Waals surface area contributed by atoms with Gasteiger partial charge in [0.2, 0.25) is 17.7 Å². The van der Waals surface area contributed by atoms with Crippen LogP contribution in [0.1, 0.15) is 43.6 Å². The molecule has 4 rings (SSSR count). The number of amides is 1. The molecule has 6 heteroatoms. The fourth-order valence-corrected chi connectivity index (χ4v) is 4.20. The lowest BCUT2D eigenvalue weighted by molar-refractivity contribution is -0.121. The normalized spacial score (nSPS) is 14.9. The number of halogens is 1. The summed E-state index contributed by atoms with van der Waals surface area (Å²) in [6.45, 7) is 0.695. The summed E-state index contributed by atoms with van der Waals surface area (Å²) in [5.41, 5.74) is 2.29. The molecule has 1 amide bonds. The van der Waals surface area contributed by atoms with Gasteiger partial charge in [-0.15, -0.1) is 10.2 Å². The van der Waals surface area contributed by atoms with Crippen LogP contribution >= 0.6 is 15.9 Å². The van der Waals surface area contributed by atoms with Crippen LogP contribution in [0.3, 0.4) is 0 Å². The lowest BCUT2D eigenvalue weighted by atomic mass is 9.64. The Labute approximate surface area is 179 Å². The maximum absolute atomic E-state index is 12.4. The summed E-state index contributed by atoms with van der Waals surface area (Å²) >= 11 is 3.55. The highest BCUT2D eigenvalue weighted by Crippen LogP contribution is 2.43. The van der Waals surface area contributed by atoms with Crippen LogP contribution in [0.4, 0.5) is 0 Å². The Morgan fingerprint density at radius 2 is 1.93 bits per heavy atom. The zero-order valence-corrected chi connectivity index (χ0v) is 17.8. The van der Waals surface area contributed by atoms with Gasteiger partial charge in [-0.05, 0) is 49.1 Å². The minimum absolute atomic E-state index is 0.0778. The highest BCUT2D eigenvalue weighted by molar-refractivity contribution is 9.10. The molecule has 1 saturated carbocycles. The van der Waals surface area contributed by atoms with Crippen molar-refractivity contribution in [1.29, 1.82) is 0 Å². The number of aryl methyl sites for hydroxylation is 1. The fraction of sp³-hybridized carbons (Fsp3) is 0.348. The van der Waals surface area contributed by atoms with Gasteiger partial charge < -0.3 is 9.73 Å². The topological polar surface area (TPSA) is 68.0 Å². The maximum Gasteiger partial charge on any atom is 0.247 e. The van der Waals surface area contributed by atoms with Crippen LogP contribution in [0.5, 0.6) is 0 Å². The minimum Gasteiger partial charge on any atom is -0.421 e. The van der Waals surface area contributed by atoms with Gasteiger partial charge in [0, 0.05) is 34.8 Å². The fourth-order valence-electron chi connectivity index (χ4n) is 3.80. The number of hydrogen-bond donors (Lipinski definition) is 1. The molecule has 0 atom stereocenters. The van der Waals surface area contributed by atoms with Gasteiger partial charge in [-0.2, -0.15) is 0 Å². The maximum atomic E-state index is 12.4. The minimum atomic E-state index is 0.0778. The largest absolute Gasteiger partial charge is 0.421 e. The molecule has 1 N–H and O–H groups in total. The van der Waals surface area contributed by atoms with Gasteiger partial charge in [0.05, 0.1) is 0 Å². The SMILES string of the molecule is O=C(CCCc1nnc(-c2ccccc2)o1)NCC1(c2cccc(Br)c2)CCC1. The van der Waals surface area contributed by atoms with Gasteiger partial charge in [0.25, 0.3) is 0 Å². The molecule has 0 radical (unpaired) electrons. The lowest BCUT2D eigenvalue weighted by Gasteiger charge is -2.42. The summed E-state index contributed by atoms with van der Waals surface area (Å²) in [7, 11) is 0. The zero-order chi connectivity index (χ0) is 20.1. The summed E-state index contributed by atoms with van der Waals surface area (Å²) in [4.78, 5) is 12.4. The van der Waals surface area contributed by atoms with Crippen LogP contribution in [-0.2, 0) is 16.6 Å². The number of benzene rings is 2. The molecule has 150 valence electrons. The summed E-state index contributed by atoms with van der Waals surface area (Å²) < 4.78 is 6.79. The van der Waals surface area contributed by atoms with E-state index < -0.39 is 0 Å². The Morgan fingerprint density at radius 1 is 1.10 bits per heavy atom. The first-order valence-electron chi connectivity index (χ1n) is 10.1. The summed E-state index contributed by atoms with van der Waals surface area (Å²) in [5, 5.41) is 11.3. The van der Waals surface area contributed by atoms with E-state index in [1.807, 2.05) is 36.4 Å². The molecule has 1 heterocycles. The van der Waals surface area contributed by atoms with Crippen LogP contribution in [-0.4, -0.2) is 22.6 Å². The van der Waals surface area contributed by atoms with Crippen molar-refractivity contribution < 1.29 is 9.21 Å². The standard InChI is InChI=1S/C23H24BrN3O2/c24-19-10-4-9-18(15-19)23(13-6-14-23)16-25-20(28)11-5-12-21-26-27-22(29-21)17-7-2-1-3-8-17/h1-4,7-10,15H,5-6,11-14,16H2,(H,25,28). The second kappa shape index (κ2) is 8.91. The monoisotopic (exact) mass is 453 g/mol. The number of hydrogen-bond acceptors (Lipinski definition) is 4. The van der Waals surface area contributed by atoms with Crippen LogP contribution in [0.15, 0.2) is 63.5 Å². The van der Waals surface area contributed by atoms with E-state index in [2.05, 4.69) is 49.6 Å². The number of carbonyl (C=O) groups excluding carboxylic acids is 1. The highest BCUT2D eigenvalue weighted by Gasteiger charge is 2.38. The molecule has 3 aromatic rings. The Bertz CT molecular complexity index is 967. The molecule has 0 saturated heterocycles. The van der Waals surface area contributed by atoms with Gasteiger partial charge in [-0.3, -0.25) is 4.79 Å². The van der Waals surface area contributed by atoms with Crippen LogP contribution in [0.2, 0.25) is 0 Å². The van der Waals surface area contributed by atoms with Crippen molar-refractivity contribution in [2.75, 3.05) is 6.54 Å². The van der Waals surface area contributed by atoms with Gasteiger partial charge in [0.1, 0.15) is 0 Å². The predicted molar refractivity (Wildman–Crippen MR) is 115 cm³/mol. The first-order chi connectivity index (χ1) is 14.1. The van der Waals surface area contributed by atoms with Gasteiger partial charge in [-0.1, -0.05) is 52.7 Å². The molecule has 1 aliphatic carbocycles. The Morgan fingerprint density at radius 3 is 2.66 bits per heavy atom. The van der Waals surface area contributed by atoms with Crippen molar-refractivity contribution in [1.82, 2.24) is 15.5 Å². The van der Waals surface area contributed by atoms with E-state index >= 15 is 0 Å². The van der Waals surface area contributed by atoms with Gasteiger partial charge in [-0.25, -0.2) is 0 Å². The van der Waals surface area contributed by atoms with Crippen molar-refractivity contribution in [3.63, 3.8) is 0 Å². The van der Waals surface area contributed by atoms with E-state index in [1.165, 1.54) is 12.0 Å². The highest BCUT2D eigenvalue weighted by atomic mass is 79.9. The smallest absolute Gasteiger partial charge is 0.247 e. The Balaban J connectivity index is 1.25. The average Bonchev–Trinajstić information content (AvgIpc) is 3.17. The number of nitrogens with one attached hydrogen (secondary N) is 1. The Kier molecular flexibility index (Phi) is 6.09. The molecule has 0 aliphatic heterocycles. The second-order valence-electron chi connectivity index (χ2n) is 7.64. The van der Waals surface area contributed by atoms with Crippen molar-refractivity contribution in [3.8, 4) is 11.5 Å². The number of rotatable bonds is 8. The van der Waals surface area contributed by atoms with E-state index in [4.69, 9.17) is 4.42 Å². The third-order valence-corrected chi connectivity index (χ3v) is 6.15. The van der Waals surface area contributed by atoms with Crippen LogP contribution in [0, 0.1) is 0 Å². The number of nitrogens with zero attached hydrogens (tertiary/aromatic N) is 2. The quantitative estimate of drug-likeness (QED) is 0.517. The van der Waals surface area contributed by atoms with E-state index in [0.29, 0.717) is 37.6 Å². The van der Waals surface area contributed by atoms with Crippen LogP contribution < -0.4 is 5.32 Å². The third kappa shape index (κ3) is 4.75. The molecule has 1 fully saturated rings. The summed E-state index contributed by atoms with van der Waals surface area (Å²) in [6.07, 6.45) is 5.19. The number of aromatic nitrogens is 2. The summed E-state index contributed by atoms with van der Waals surface area (Å²) in [6, 6.07) is 18.1. The van der Waals surface area contributed by atoms with E-state index in [1.54, 1.807) is 0 Å². The summed E-state index contributed by atoms with van der Waals surface area (Å²) in [5.74, 6) is 1.17. The molecular weight excluding hydrogens is 430 g/mol. The Hall–Kier alpha value is -2.47. The molecule has 29 heavy (non-hydrogen) atoms. The second-order valence-corrected chi connectivity index (χ2v) is 8.56. The molecular formula is C23H24BrN3O2. The van der Waals surface area contributed by atoms with Crippen molar-refractivity contribution in [2.45, 2.75) is 43.9 Å². The molecule has 0 unspecified atom stereocenters. The predicted octanol–water partition coefficient (Wildman–Crippen LogP) is 5.06. The van der Waals surface area contributed by atoms with Gasteiger partial charge in [0.15, 0.2) is 0 Å². The average molecular weight is 454 g/mol. The first kappa shape index (κ1) is 19.8. The molecule has 1 aliphatic rings. The van der Waals surface area contributed by atoms with Crippen molar-refractivity contribution in [3.05, 3.63) is 70.5 Å². The molecule has 2 aromatic carbocycles. The number of carbonyl (C=O) groups is 1. The van der Waals surface area contributed by atoms with Crippen molar-refractivity contribution >= 4 is 21.8 Å². The molecule has 5 nitrogen and oxygen atoms in total. The van der Waals surface area contributed by atoms with E-state index in [9.17, 15) is 4.79 Å². The molecule has 1 aromatic heterocycles. The van der Waals surface area contributed by atoms with Crippen molar-refractivity contribution in [2.24, 2.45) is 0 Å². The van der Waals surface area contributed by atoms with Gasteiger partial charge >= 0.3 is 0 Å². The lowest BCUT2D eigenvalue weighted by Crippen LogP contribution is -2.45. The van der Waals surface area contributed by atoms with E-state index in [-0.39, 0.29) is 11.3 Å². The molecule has 0 spiro atoms. The van der Waals surface area contributed by atoms with Crippen LogP contribution in [0.25, 0.3) is 11.5 Å². The third-order valence-electron chi connectivity index (χ3n) is 5.65. The molecule has 0 bridgehead atoms.